The molecule has 0 unspecified atom stereocenters. The van der Waals surface area contributed by atoms with Gasteiger partial charge in [-0.3, -0.25) is 14.8 Å². The average molecular weight is 326 g/mol. The minimum atomic E-state index is -0.237. The summed E-state index contributed by atoms with van der Waals surface area (Å²) in [5.74, 6) is 0.487. The van der Waals surface area contributed by atoms with Crippen molar-refractivity contribution in [2.75, 3.05) is 13.1 Å². The van der Waals surface area contributed by atoms with Crippen LogP contribution in [0.1, 0.15) is 49.9 Å². The number of piperidine rings is 1. The Hall–Kier alpha value is -2.14. The molecule has 24 heavy (non-hydrogen) atoms. The smallest absolute Gasteiger partial charge is 0.242 e. The van der Waals surface area contributed by atoms with E-state index in [0.29, 0.717) is 5.92 Å². The van der Waals surface area contributed by atoms with Gasteiger partial charge in [0, 0.05) is 30.4 Å². The number of likely N-dealkylation sites (tertiary alicyclic amines) is 1. The molecule has 0 bridgehead atoms. The van der Waals surface area contributed by atoms with Gasteiger partial charge in [0.1, 0.15) is 6.04 Å². The molecule has 1 saturated heterocycles. The predicted octanol–water partition coefficient (Wildman–Crippen LogP) is 2.86. The normalized spacial score (nSPS) is 20.0. The molecular weight excluding hydrogens is 300 g/mol. The maximum absolute atomic E-state index is 12.9. The highest BCUT2D eigenvalue weighted by molar-refractivity contribution is 5.83. The van der Waals surface area contributed by atoms with Crippen LogP contribution in [0.3, 0.4) is 0 Å². The molecule has 2 N–H and O–H groups in total. The molecule has 1 aromatic carbocycles. The number of hydrogen-bond donors (Lipinski definition) is 2. The Morgan fingerprint density at radius 3 is 2.75 bits per heavy atom. The van der Waals surface area contributed by atoms with Gasteiger partial charge >= 0.3 is 0 Å². The maximum Gasteiger partial charge on any atom is 0.242 e. The monoisotopic (exact) mass is 326 g/mol. The fourth-order valence-electron chi connectivity index (χ4n) is 3.52. The van der Waals surface area contributed by atoms with E-state index in [1.807, 2.05) is 50.2 Å². The van der Waals surface area contributed by atoms with Crippen molar-refractivity contribution in [3.63, 3.8) is 0 Å². The Bertz CT molecular complexity index is 639. The van der Waals surface area contributed by atoms with Crippen LogP contribution in [-0.2, 0) is 4.79 Å². The van der Waals surface area contributed by atoms with Crippen LogP contribution in [-0.4, -0.2) is 40.1 Å². The number of nitrogens with zero attached hydrogens (tertiary/aromatic N) is 2. The van der Waals surface area contributed by atoms with Crippen molar-refractivity contribution in [3.05, 3.63) is 53.9 Å². The van der Waals surface area contributed by atoms with E-state index in [1.165, 1.54) is 0 Å². The van der Waals surface area contributed by atoms with Crippen molar-refractivity contribution in [1.82, 2.24) is 20.4 Å². The summed E-state index contributed by atoms with van der Waals surface area (Å²) in [6.45, 7) is 5.82. The van der Waals surface area contributed by atoms with Crippen molar-refractivity contribution in [2.24, 2.45) is 0 Å². The first-order valence-electron chi connectivity index (χ1n) is 8.74. The molecule has 128 valence electrons. The van der Waals surface area contributed by atoms with Gasteiger partial charge in [-0.1, -0.05) is 30.3 Å². The van der Waals surface area contributed by atoms with Gasteiger partial charge in [-0.05, 0) is 44.9 Å². The van der Waals surface area contributed by atoms with Crippen LogP contribution in [0.25, 0.3) is 0 Å². The predicted molar refractivity (Wildman–Crippen MR) is 94.6 cm³/mol. The summed E-state index contributed by atoms with van der Waals surface area (Å²) < 4.78 is 0. The van der Waals surface area contributed by atoms with Crippen LogP contribution in [0.5, 0.6) is 0 Å². The van der Waals surface area contributed by atoms with E-state index in [1.54, 1.807) is 6.20 Å². The lowest BCUT2D eigenvalue weighted by atomic mass is 9.92. The third kappa shape index (κ3) is 3.85. The first kappa shape index (κ1) is 16.7. The van der Waals surface area contributed by atoms with Crippen LogP contribution >= 0.6 is 0 Å². The van der Waals surface area contributed by atoms with E-state index in [-0.39, 0.29) is 18.0 Å². The molecule has 0 aliphatic carbocycles. The van der Waals surface area contributed by atoms with E-state index >= 15 is 0 Å². The Kier molecular flexibility index (Phi) is 5.30. The van der Waals surface area contributed by atoms with E-state index in [4.69, 9.17) is 0 Å². The number of carbonyl (C=O) groups is 1. The highest BCUT2D eigenvalue weighted by atomic mass is 16.2. The van der Waals surface area contributed by atoms with Gasteiger partial charge in [0.05, 0.1) is 0 Å². The fourth-order valence-corrected chi connectivity index (χ4v) is 3.52. The zero-order valence-electron chi connectivity index (χ0n) is 14.4. The summed E-state index contributed by atoms with van der Waals surface area (Å²) in [6.07, 6.45) is 4.02. The standard InChI is InChI=1S/C19H26N4O/c1-14(2)21-19(24)18(15-7-4-3-5-8-15)23-12-6-9-16(13-23)17-10-11-20-22-17/h3-5,7-8,10-11,14,16,18H,6,9,12-13H2,1-2H3,(H,20,22)(H,21,24)/t16-,18-/m0/s1. The van der Waals surface area contributed by atoms with Crippen LogP contribution < -0.4 is 5.32 Å². The molecule has 2 heterocycles. The van der Waals surface area contributed by atoms with Crippen LogP contribution in [0.15, 0.2) is 42.6 Å². The molecule has 5 heteroatoms. The first-order valence-corrected chi connectivity index (χ1v) is 8.74. The molecular formula is C19H26N4O. The Labute approximate surface area is 143 Å². The van der Waals surface area contributed by atoms with Crippen LogP contribution in [0.2, 0.25) is 0 Å². The van der Waals surface area contributed by atoms with E-state index < -0.39 is 0 Å². The lowest BCUT2D eigenvalue weighted by Crippen LogP contribution is -2.46. The van der Waals surface area contributed by atoms with Crippen molar-refractivity contribution >= 4 is 5.91 Å². The summed E-state index contributed by atoms with van der Waals surface area (Å²) in [5.41, 5.74) is 2.22. The van der Waals surface area contributed by atoms with Crippen molar-refractivity contribution in [2.45, 2.75) is 44.7 Å². The number of aromatic amines is 1. The molecule has 1 aromatic heterocycles. The number of aromatic nitrogens is 2. The highest BCUT2D eigenvalue weighted by Crippen LogP contribution is 2.31. The second-order valence-electron chi connectivity index (χ2n) is 6.82. The molecule has 0 saturated carbocycles. The Balaban J connectivity index is 1.83. The molecule has 2 atom stereocenters. The quantitative estimate of drug-likeness (QED) is 0.888. The third-order valence-electron chi connectivity index (χ3n) is 4.57. The molecule has 1 fully saturated rings. The zero-order valence-corrected chi connectivity index (χ0v) is 14.4. The molecule has 1 aliphatic heterocycles. The minimum Gasteiger partial charge on any atom is -0.352 e. The lowest BCUT2D eigenvalue weighted by molar-refractivity contribution is -0.127. The van der Waals surface area contributed by atoms with Crippen LogP contribution in [0.4, 0.5) is 0 Å². The number of hydrogen-bond acceptors (Lipinski definition) is 3. The molecule has 3 rings (SSSR count). The van der Waals surface area contributed by atoms with Gasteiger partial charge in [0.15, 0.2) is 0 Å². The number of carbonyl (C=O) groups excluding carboxylic acids is 1. The van der Waals surface area contributed by atoms with Gasteiger partial charge in [-0.15, -0.1) is 0 Å². The maximum atomic E-state index is 12.9. The summed E-state index contributed by atoms with van der Waals surface area (Å²) in [4.78, 5) is 15.2. The zero-order chi connectivity index (χ0) is 16.9. The van der Waals surface area contributed by atoms with Crippen LogP contribution in [0, 0.1) is 0 Å². The topological polar surface area (TPSA) is 61.0 Å². The van der Waals surface area contributed by atoms with E-state index in [2.05, 4.69) is 20.4 Å². The molecule has 0 radical (unpaired) electrons. The average Bonchev–Trinajstić information content (AvgIpc) is 3.10. The van der Waals surface area contributed by atoms with Crippen molar-refractivity contribution < 1.29 is 4.79 Å². The molecule has 2 aromatic rings. The fraction of sp³-hybridized carbons (Fsp3) is 0.474. The Morgan fingerprint density at radius 1 is 1.29 bits per heavy atom. The summed E-state index contributed by atoms with van der Waals surface area (Å²) >= 11 is 0. The molecule has 5 nitrogen and oxygen atoms in total. The number of benzene rings is 1. The van der Waals surface area contributed by atoms with E-state index in [0.717, 1.165) is 37.2 Å². The summed E-state index contributed by atoms with van der Waals surface area (Å²) in [7, 11) is 0. The molecule has 0 spiro atoms. The number of H-pyrrole nitrogens is 1. The molecule has 1 amide bonds. The van der Waals surface area contributed by atoms with E-state index in [9.17, 15) is 4.79 Å². The molecule has 1 aliphatic rings. The largest absolute Gasteiger partial charge is 0.352 e. The van der Waals surface area contributed by atoms with Gasteiger partial charge in [-0.2, -0.15) is 5.10 Å². The van der Waals surface area contributed by atoms with Crippen molar-refractivity contribution in [1.29, 1.82) is 0 Å². The minimum absolute atomic E-state index is 0.0847. The number of rotatable bonds is 5. The third-order valence-corrected chi connectivity index (χ3v) is 4.57. The Morgan fingerprint density at radius 2 is 2.08 bits per heavy atom. The highest BCUT2D eigenvalue weighted by Gasteiger charge is 2.32. The second-order valence-corrected chi connectivity index (χ2v) is 6.82. The van der Waals surface area contributed by atoms with Gasteiger partial charge in [0.2, 0.25) is 5.91 Å². The van der Waals surface area contributed by atoms with Gasteiger partial charge in [0.25, 0.3) is 0 Å². The van der Waals surface area contributed by atoms with Gasteiger partial charge < -0.3 is 5.32 Å². The first-order chi connectivity index (χ1) is 11.6. The number of nitrogens with one attached hydrogen (secondary N) is 2. The van der Waals surface area contributed by atoms with Crippen molar-refractivity contribution in [3.8, 4) is 0 Å². The summed E-state index contributed by atoms with van der Waals surface area (Å²) in [5, 5.41) is 10.3. The summed E-state index contributed by atoms with van der Waals surface area (Å²) in [6, 6.07) is 12.0. The SMILES string of the molecule is CC(C)NC(=O)[C@H](c1ccccc1)N1CCC[C@H](c2ccn[nH]2)C1. The lowest BCUT2D eigenvalue weighted by Gasteiger charge is -2.37. The number of amides is 1. The van der Waals surface area contributed by atoms with Gasteiger partial charge in [-0.25, -0.2) is 0 Å². The second kappa shape index (κ2) is 7.62.